The molecule has 96 valence electrons. The number of β-amino-alcohol motifs (C(OH)–C–C–N with tert-alkyl or cyclic N) is 1. The van der Waals surface area contributed by atoms with E-state index >= 15 is 0 Å². The summed E-state index contributed by atoms with van der Waals surface area (Å²) < 4.78 is 0. The molecule has 2 aliphatic rings. The second-order valence-electron chi connectivity index (χ2n) is 5.15. The summed E-state index contributed by atoms with van der Waals surface area (Å²) in [5.41, 5.74) is 4.78. The van der Waals surface area contributed by atoms with Crippen LogP contribution in [0.4, 0.5) is 0 Å². The average molecular weight is 241 g/mol. The van der Waals surface area contributed by atoms with E-state index in [-0.39, 0.29) is 17.7 Å². The van der Waals surface area contributed by atoms with E-state index in [2.05, 4.69) is 5.16 Å². The van der Waals surface area contributed by atoms with Crippen LogP contribution in [-0.2, 0) is 4.79 Å². The number of oxime groups is 1. The van der Waals surface area contributed by atoms with Crippen molar-refractivity contribution in [3.63, 3.8) is 0 Å². The van der Waals surface area contributed by atoms with E-state index < -0.39 is 11.5 Å². The zero-order valence-electron chi connectivity index (χ0n) is 9.96. The van der Waals surface area contributed by atoms with E-state index in [0.29, 0.717) is 25.9 Å². The number of carbonyl (C=O) groups excluding carboxylic acids is 1. The number of nitrogens with two attached hydrogens (primary N) is 1. The van der Waals surface area contributed by atoms with Gasteiger partial charge in [0.25, 0.3) is 0 Å². The largest absolute Gasteiger partial charge is 0.409 e. The summed E-state index contributed by atoms with van der Waals surface area (Å²) in [4.78, 5) is 13.9. The third-order valence-corrected chi connectivity index (χ3v) is 3.96. The third-order valence-electron chi connectivity index (χ3n) is 3.96. The molecule has 1 saturated carbocycles. The normalized spacial score (nSPS) is 32.4. The van der Waals surface area contributed by atoms with Crippen molar-refractivity contribution in [2.24, 2.45) is 22.2 Å². The van der Waals surface area contributed by atoms with Gasteiger partial charge in [0.15, 0.2) is 5.84 Å². The fourth-order valence-corrected chi connectivity index (χ4v) is 2.34. The number of nitrogens with zero attached hydrogens (tertiary/aromatic N) is 2. The number of aliphatic hydroxyl groups is 1. The maximum Gasteiger partial charge on any atom is 0.236 e. The van der Waals surface area contributed by atoms with Crippen LogP contribution in [0.5, 0.6) is 0 Å². The first-order valence-electron chi connectivity index (χ1n) is 5.96. The van der Waals surface area contributed by atoms with E-state index in [9.17, 15) is 9.90 Å². The average Bonchev–Trinajstić information content (AvgIpc) is 3.12. The van der Waals surface area contributed by atoms with Crippen molar-refractivity contribution < 1.29 is 15.1 Å². The molecule has 0 radical (unpaired) electrons. The monoisotopic (exact) mass is 241 g/mol. The molecule has 0 aromatic rings. The van der Waals surface area contributed by atoms with Gasteiger partial charge in [0.2, 0.25) is 5.91 Å². The first-order valence-corrected chi connectivity index (χ1v) is 5.96. The van der Waals surface area contributed by atoms with E-state index in [0.717, 1.165) is 6.42 Å². The van der Waals surface area contributed by atoms with Crippen molar-refractivity contribution in [1.29, 1.82) is 0 Å². The maximum absolute atomic E-state index is 12.3. The Bertz CT molecular complexity index is 352. The lowest BCUT2D eigenvalue weighted by Crippen LogP contribution is -2.51. The van der Waals surface area contributed by atoms with Crippen molar-refractivity contribution in [3.05, 3.63) is 0 Å². The van der Waals surface area contributed by atoms with Gasteiger partial charge < -0.3 is 20.9 Å². The van der Waals surface area contributed by atoms with Crippen LogP contribution in [0.15, 0.2) is 5.16 Å². The predicted octanol–water partition coefficient (Wildman–Crippen LogP) is -0.258. The van der Waals surface area contributed by atoms with Crippen LogP contribution in [0.1, 0.15) is 26.2 Å². The Hall–Kier alpha value is -1.30. The molecule has 0 bridgehead atoms. The van der Waals surface area contributed by atoms with Gasteiger partial charge in [-0.3, -0.25) is 4.79 Å². The number of hydrogen-bond donors (Lipinski definition) is 3. The molecule has 1 saturated heterocycles. The van der Waals surface area contributed by atoms with Gasteiger partial charge in [-0.1, -0.05) is 12.1 Å². The SMILES string of the molecule is CC1CCN(C(=O)C2(C(N)=NO)CC2)CC1O. The van der Waals surface area contributed by atoms with Gasteiger partial charge in [-0.05, 0) is 25.2 Å². The topological polar surface area (TPSA) is 99.2 Å². The van der Waals surface area contributed by atoms with E-state index in [1.54, 1.807) is 4.90 Å². The number of hydrogen-bond acceptors (Lipinski definition) is 4. The molecule has 1 amide bonds. The van der Waals surface area contributed by atoms with Crippen molar-refractivity contribution in [1.82, 2.24) is 4.90 Å². The maximum atomic E-state index is 12.3. The van der Waals surface area contributed by atoms with Gasteiger partial charge in [-0.25, -0.2) is 0 Å². The molecule has 4 N–H and O–H groups in total. The molecule has 2 fully saturated rings. The molecule has 6 nitrogen and oxygen atoms in total. The molecule has 1 aliphatic heterocycles. The number of likely N-dealkylation sites (tertiary alicyclic amines) is 1. The van der Waals surface area contributed by atoms with Gasteiger partial charge in [-0.15, -0.1) is 0 Å². The summed E-state index contributed by atoms with van der Waals surface area (Å²) in [5, 5.41) is 21.4. The van der Waals surface area contributed by atoms with Gasteiger partial charge in [0.05, 0.1) is 6.10 Å². The Balaban J connectivity index is 2.06. The lowest BCUT2D eigenvalue weighted by Gasteiger charge is -2.36. The molecule has 1 aliphatic carbocycles. The summed E-state index contributed by atoms with van der Waals surface area (Å²) in [5.74, 6) is 0.104. The Morgan fingerprint density at radius 2 is 2.18 bits per heavy atom. The Kier molecular flexibility index (Phi) is 2.99. The summed E-state index contributed by atoms with van der Waals surface area (Å²) >= 11 is 0. The fraction of sp³-hybridized carbons (Fsp3) is 0.818. The molecule has 1 heterocycles. The highest BCUT2D eigenvalue weighted by Gasteiger charge is 2.56. The highest BCUT2D eigenvalue weighted by Crippen LogP contribution is 2.47. The zero-order valence-corrected chi connectivity index (χ0v) is 9.96. The smallest absolute Gasteiger partial charge is 0.236 e. The highest BCUT2D eigenvalue weighted by atomic mass is 16.4. The van der Waals surface area contributed by atoms with Crippen LogP contribution in [0.2, 0.25) is 0 Å². The zero-order chi connectivity index (χ0) is 12.6. The molecule has 0 spiro atoms. The summed E-state index contributed by atoms with van der Waals surface area (Å²) in [6, 6.07) is 0. The van der Waals surface area contributed by atoms with Gasteiger partial charge in [0.1, 0.15) is 5.41 Å². The van der Waals surface area contributed by atoms with Crippen LogP contribution >= 0.6 is 0 Å². The Morgan fingerprint density at radius 3 is 2.65 bits per heavy atom. The molecule has 2 atom stereocenters. The Labute approximate surface area is 100 Å². The van der Waals surface area contributed by atoms with Crippen LogP contribution in [0.25, 0.3) is 0 Å². The number of amidine groups is 1. The van der Waals surface area contributed by atoms with Crippen molar-refractivity contribution in [2.75, 3.05) is 13.1 Å². The number of carbonyl (C=O) groups is 1. The van der Waals surface area contributed by atoms with Crippen LogP contribution < -0.4 is 5.73 Å². The fourth-order valence-electron chi connectivity index (χ4n) is 2.34. The summed E-state index contributed by atoms with van der Waals surface area (Å²) in [7, 11) is 0. The molecule has 0 aromatic heterocycles. The first kappa shape index (κ1) is 12.2. The molecule has 6 heteroatoms. The van der Waals surface area contributed by atoms with Crippen molar-refractivity contribution in [3.8, 4) is 0 Å². The number of aliphatic hydroxyl groups excluding tert-OH is 1. The van der Waals surface area contributed by atoms with Crippen molar-refractivity contribution >= 4 is 11.7 Å². The summed E-state index contributed by atoms with van der Waals surface area (Å²) in [6.07, 6.45) is 1.57. The van der Waals surface area contributed by atoms with E-state index in [4.69, 9.17) is 10.9 Å². The molecule has 2 rings (SSSR count). The van der Waals surface area contributed by atoms with Gasteiger partial charge in [0, 0.05) is 13.1 Å². The summed E-state index contributed by atoms with van der Waals surface area (Å²) in [6.45, 7) is 2.96. The standard InChI is InChI=1S/C11H19N3O3/c1-7-2-5-14(6-8(7)15)10(16)11(3-4-11)9(12)13-17/h7-8,15,17H,2-6H2,1H3,(H2,12,13). The van der Waals surface area contributed by atoms with Crippen LogP contribution in [-0.4, -0.2) is 46.1 Å². The molecule has 17 heavy (non-hydrogen) atoms. The predicted molar refractivity (Wildman–Crippen MR) is 61.4 cm³/mol. The lowest BCUT2D eigenvalue weighted by molar-refractivity contribution is -0.138. The second-order valence-corrected chi connectivity index (χ2v) is 5.15. The Morgan fingerprint density at radius 1 is 1.53 bits per heavy atom. The number of rotatable bonds is 2. The highest BCUT2D eigenvalue weighted by molar-refractivity contribution is 6.09. The molecule has 0 aromatic carbocycles. The van der Waals surface area contributed by atoms with Crippen LogP contribution in [0.3, 0.4) is 0 Å². The molecular weight excluding hydrogens is 222 g/mol. The first-order chi connectivity index (χ1) is 8.01. The lowest BCUT2D eigenvalue weighted by atomic mass is 9.94. The van der Waals surface area contributed by atoms with E-state index in [1.165, 1.54) is 0 Å². The van der Waals surface area contributed by atoms with Gasteiger partial charge in [-0.2, -0.15) is 0 Å². The van der Waals surface area contributed by atoms with Crippen molar-refractivity contribution in [2.45, 2.75) is 32.3 Å². The molecule has 2 unspecified atom stereocenters. The number of amides is 1. The second kappa shape index (κ2) is 4.18. The quantitative estimate of drug-likeness (QED) is 0.268. The van der Waals surface area contributed by atoms with E-state index in [1.807, 2.05) is 6.92 Å². The minimum Gasteiger partial charge on any atom is -0.409 e. The van der Waals surface area contributed by atoms with Gasteiger partial charge >= 0.3 is 0 Å². The number of piperidine rings is 1. The third kappa shape index (κ3) is 1.97. The molecular formula is C11H19N3O3. The van der Waals surface area contributed by atoms with Crippen LogP contribution in [0, 0.1) is 11.3 Å². The minimum absolute atomic E-state index is 0.00406. The minimum atomic E-state index is -0.797.